The number of alkyl halides is 3. The molecule has 120 valence electrons. The Balaban J connectivity index is 1.86. The van der Waals surface area contributed by atoms with E-state index < -0.39 is 30.6 Å². The highest BCUT2D eigenvalue weighted by atomic mass is 19.4. The van der Waals surface area contributed by atoms with E-state index in [1.807, 2.05) is 0 Å². The first kappa shape index (κ1) is 15.9. The third-order valence-electron chi connectivity index (χ3n) is 4.09. The van der Waals surface area contributed by atoms with Crippen LogP contribution in [0.15, 0.2) is 0 Å². The minimum Gasteiger partial charge on any atom is -0.481 e. The molecule has 2 atom stereocenters. The van der Waals surface area contributed by atoms with E-state index in [1.54, 1.807) is 0 Å². The molecule has 0 heterocycles. The molecule has 2 aliphatic rings. The molecule has 0 radical (unpaired) electrons. The fraction of sp³-hybridized carbons (Fsp3) is 0.846. The lowest BCUT2D eigenvalue weighted by atomic mass is 9.96. The Morgan fingerprint density at radius 3 is 2.38 bits per heavy atom. The van der Waals surface area contributed by atoms with E-state index in [0.717, 1.165) is 11.3 Å². The van der Waals surface area contributed by atoms with Crippen LogP contribution in [0.4, 0.5) is 18.0 Å². The van der Waals surface area contributed by atoms with Crippen LogP contribution in [0.25, 0.3) is 0 Å². The predicted octanol–water partition coefficient (Wildman–Crippen LogP) is 2.22. The topological polar surface area (TPSA) is 69.6 Å². The third kappa shape index (κ3) is 4.50. The fourth-order valence-corrected chi connectivity index (χ4v) is 2.87. The summed E-state index contributed by atoms with van der Waals surface area (Å²) >= 11 is 0. The number of nitrogens with zero attached hydrogens (tertiary/aromatic N) is 1. The summed E-state index contributed by atoms with van der Waals surface area (Å²) < 4.78 is 37.4. The number of amides is 2. The van der Waals surface area contributed by atoms with E-state index in [1.165, 1.54) is 0 Å². The molecule has 2 fully saturated rings. The number of aliphatic carboxylic acids is 1. The maximum Gasteiger partial charge on any atom is 0.406 e. The molecule has 0 aliphatic heterocycles. The van der Waals surface area contributed by atoms with Crippen molar-refractivity contribution in [3.8, 4) is 0 Å². The van der Waals surface area contributed by atoms with Gasteiger partial charge in [0.2, 0.25) is 0 Å². The molecule has 21 heavy (non-hydrogen) atoms. The minimum atomic E-state index is -4.42. The van der Waals surface area contributed by atoms with Crippen molar-refractivity contribution in [3.63, 3.8) is 0 Å². The van der Waals surface area contributed by atoms with Crippen LogP contribution in [-0.2, 0) is 4.79 Å². The van der Waals surface area contributed by atoms with Gasteiger partial charge >= 0.3 is 18.2 Å². The number of carboxylic acids is 1. The van der Waals surface area contributed by atoms with Crippen molar-refractivity contribution in [3.05, 3.63) is 0 Å². The second-order valence-electron chi connectivity index (χ2n) is 5.80. The summed E-state index contributed by atoms with van der Waals surface area (Å²) in [7, 11) is 0. The average molecular weight is 308 g/mol. The van der Waals surface area contributed by atoms with Gasteiger partial charge in [-0.3, -0.25) is 4.79 Å². The van der Waals surface area contributed by atoms with E-state index >= 15 is 0 Å². The Hall–Kier alpha value is -1.47. The predicted molar refractivity (Wildman–Crippen MR) is 67.6 cm³/mol. The maximum absolute atomic E-state index is 12.5. The Kier molecular flexibility index (Phi) is 4.63. The Morgan fingerprint density at radius 1 is 1.19 bits per heavy atom. The van der Waals surface area contributed by atoms with Gasteiger partial charge in [-0.25, -0.2) is 4.79 Å². The van der Waals surface area contributed by atoms with Crippen molar-refractivity contribution in [1.29, 1.82) is 0 Å². The molecule has 2 saturated carbocycles. The highest BCUT2D eigenvalue weighted by Gasteiger charge is 2.41. The van der Waals surface area contributed by atoms with Crippen LogP contribution in [-0.4, -0.2) is 47.3 Å². The molecule has 2 aliphatic carbocycles. The summed E-state index contributed by atoms with van der Waals surface area (Å²) in [6, 6.07) is -1.09. The van der Waals surface area contributed by atoms with Crippen LogP contribution < -0.4 is 5.32 Å². The van der Waals surface area contributed by atoms with Gasteiger partial charge in [0.1, 0.15) is 6.54 Å². The SMILES string of the molecule is O=C(O)C1CCCC1CNC(=O)N(CC(F)(F)F)C1CC1. The summed E-state index contributed by atoms with van der Waals surface area (Å²) in [4.78, 5) is 23.7. The van der Waals surface area contributed by atoms with Crippen molar-refractivity contribution in [2.24, 2.45) is 11.8 Å². The van der Waals surface area contributed by atoms with Gasteiger partial charge in [-0.05, 0) is 31.6 Å². The first-order chi connectivity index (χ1) is 9.78. The number of urea groups is 1. The average Bonchev–Trinajstić information content (AvgIpc) is 3.09. The van der Waals surface area contributed by atoms with Crippen LogP contribution in [0.5, 0.6) is 0 Å². The molecule has 0 saturated heterocycles. The van der Waals surface area contributed by atoms with Crippen LogP contribution in [0, 0.1) is 11.8 Å². The molecule has 0 aromatic heterocycles. The van der Waals surface area contributed by atoms with Crippen molar-refractivity contribution < 1.29 is 27.9 Å². The molecule has 2 N–H and O–H groups in total. The number of rotatable bonds is 5. The van der Waals surface area contributed by atoms with Crippen molar-refractivity contribution >= 4 is 12.0 Å². The second-order valence-corrected chi connectivity index (χ2v) is 5.80. The van der Waals surface area contributed by atoms with Crippen molar-refractivity contribution in [2.75, 3.05) is 13.1 Å². The highest BCUT2D eigenvalue weighted by Crippen LogP contribution is 2.32. The number of carboxylic acid groups (broad SMARTS) is 1. The summed E-state index contributed by atoms with van der Waals surface area (Å²) in [5.74, 6) is -1.61. The van der Waals surface area contributed by atoms with Gasteiger partial charge in [-0.1, -0.05) is 6.42 Å². The smallest absolute Gasteiger partial charge is 0.406 e. The summed E-state index contributed by atoms with van der Waals surface area (Å²) in [5.41, 5.74) is 0. The quantitative estimate of drug-likeness (QED) is 0.818. The number of nitrogens with one attached hydrogen (secondary N) is 1. The van der Waals surface area contributed by atoms with Gasteiger partial charge in [-0.15, -0.1) is 0 Å². The molecule has 2 rings (SSSR count). The maximum atomic E-state index is 12.5. The molecular formula is C13H19F3N2O3. The number of hydrogen-bond acceptors (Lipinski definition) is 2. The number of carbonyl (C=O) groups is 2. The lowest BCUT2D eigenvalue weighted by Gasteiger charge is -2.25. The van der Waals surface area contributed by atoms with Gasteiger partial charge in [-0.2, -0.15) is 13.2 Å². The zero-order valence-electron chi connectivity index (χ0n) is 11.5. The monoisotopic (exact) mass is 308 g/mol. The third-order valence-corrected chi connectivity index (χ3v) is 4.09. The molecule has 5 nitrogen and oxygen atoms in total. The van der Waals surface area contributed by atoms with E-state index in [-0.39, 0.29) is 18.5 Å². The van der Waals surface area contributed by atoms with Gasteiger partial charge in [0.05, 0.1) is 5.92 Å². The molecule has 0 aromatic rings. The Bertz CT molecular complexity index is 410. The Morgan fingerprint density at radius 2 is 1.86 bits per heavy atom. The van der Waals surface area contributed by atoms with Crippen LogP contribution >= 0.6 is 0 Å². The minimum absolute atomic E-state index is 0.122. The summed E-state index contributed by atoms with van der Waals surface area (Å²) in [6.45, 7) is -1.13. The number of carbonyl (C=O) groups excluding carboxylic acids is 1. The van der Waals surface area contributed by atoms with E-state index in [4.69, 9.17) is 5.11 Å². The van der Waals surface area contributed by atoms with Crippen molar-refractivity contribution in [1.82, 2.24) is 10.2 Å². The van der Waals surface area contributed by atoms with E-state index in [9.17, 15) is 22.8 Å². The zero-order chi connectivity index (χ0) is 15.6. The van der Waals surface area contributed by atoms with Crippen LogP contribution in [0.1, 0.15) is 32.1 Å². The highest BCUT2D eigenvalue weighted by molar-refractivity contribution is 5.75. The summed E-state index contributed by atoms with van der Waals surface area (Å²) in [6.07, 6.45) is -1.23. The van der Waals surface area contributed by atoms with Gasteiger partial charge in [0, 0.05) is 12.6 Å². The first-order valence-corrected chi connectivity index (χ1v) is 7.12. The molecule has 0 bridgehead atoms. The number of halogens is 3. The second kappa shape index (κ2) is 6.11. The number of hydrogen-bond donors (Lipinski definition) is 2. The molecule has 0 aromatic carbocycles. The normalized spacial score (nSPS) is 25.7. The van der Waals surface area contributed by atoms with Crippen molar-refractivity contribution in [2.45, 2.75) is 44.3 Å². The molecule has 0 spiro atoms. The Labute approximate surface area is 120 Å². The standard InChI is InChI=1S/C13H19F3N2O3/c14-13(15,16)7-18(9-4-5-9)12(21)17-6-8-2-1-3-10(8)11(19)20/h8-10H,1-7H2,(H,17,21)(H,19,20). The molecule has 8 heteroatoms. The van der Waals surface area contributed by atoms with Gasteiger partial charge in [0.15, 0.2) is 0 Å². The fourth-order valence-electron chi connectivity index (χ4n) is 2.87. The molecule has 2 unspecified atom stereocenters. The molecular weight excluding hydrogens is 289 g/mol. The molecule has 2 amide bonds. The van der Waals surface area contributed by atoms with E-state index in [0.29, 0.717) is 25.7 Å². The summed E-state index contributed by atoms with van der Waals surface area (Å²) in [5, 5.41) is 11.5. The largest absolute Gasteiger partial charge is 0.481 e. The lowest BCUT2D eigenvalue weighted by molar-refractivity contribution is -0.142. The van der Waals surface area contributed by atoms with Gasteiger partial charge in [0.25, 0.3) is 0 Å². The van der Waals surface area contributed by atoms with E-state index in [2.05, 4.69) is 5.32 Å². The van der Waals surface area contributed by atoms with Crippen LogP contribution in [0.3, 0.4) is 0 Å². The van der Waals surface area contributed by atoms with Gasteiger partial charge < -0.3 is 15.3 Å². The first-order valence-electron chi connectivity index (χ1n) is 7.12. The lowest BCUT2D eigenvalue weighted by Crippen LogP contribution is -2.47. The van der Waals surface area contributed by atoms with Crippen LogP contribution in [0.2, 0.25) is 0 Å². The zero-order valence-corrected chi connectivity index (χ0v) is 11.5.